The Hall–Kier alpha value is -1.04. The van der Waals surface area contributed by atoms with Crippen LogP contribution in [0.4, 0.5) is 5.69 Å². The Balaban J connectivity index is 2.16. The van der Waals surface area contributed by atoms with Crippen LogP contribution in [0.2, 0.25) is 4.34 Å². The first kappa shape index (κ1) is 14.4. The second-order valence-corrected chi connectivity index (χ2v) is 6.62. The number of carbonyl (C=O) groups excluding carboxylic acids is 1. The zero-order chi connectivity index (χ0) is 14.0. The number of carbonyl (C=O) groups is 1. The molecule has 0 fully saturated rings. The largest absolute Gasteiger partial charge is 0.380 e. The van der Waals surface area contributed by atoms with Gasteiger partial charge in [0.15, 0.2) is 0 Å². The fraction of sp³-hybridized carbons (Fsp3) is 0.154. The topological polar surface area (TPSA) is 55.1 Å². The lowest BCUT2D eigenvalue weighted by atomic mass is 10.1. The zero-order valence-electron chi connectivity index (χ0n) is 10.2. The van der Waals surface area contributed by atoms with E-state index in [0.717, 1.165) is 24.9 Å². The highest BCUT2D eigenvalue weighted by molar-refractivity contribution is 9.10. The standard InChI is InChI=1S/C13H12BrClN2OS/c1-7-9(13(16)18)3-2-4-11(7)17-6-8-5-10(14)12(15)19-8/h2-5,17H,6H2,1H3,(H2,16,18). The van der Waals surface area contributed by atoms with E-state index in [1.807, 2.05) is 25.1 Å². The van der Waals surface area contributed by atoms with E-state index in [1.165, 1.54) is 11.3 Å². The van der Waals surface area contributed by atoms with Crippen molar-refractivity contribution < 1.29 is 4.79 Å². The maximum Gasteiger partial charge on any atom is 0.249 e. The highest BCUT2D eigenvalue weighted by Gasteiger charge is 2.09. The summed E-state index contributed by atoms with van der Waals surface area (Å²) in [5.74, 6) is -0.414. The number of hydrogen-bond donors (Lipinski definition) is 2. The van der Waals surface area contributed by atoms with E-state index < -0.39 is 5.91 Å². The van der Waals surface area contributed by atoms with Crippen LogP contribution in [0.5, 0.6) is 0 Å². The number of amides is 1. The summed E-state index contributed by atoms with van der Waals surface area (Å²) in [7, 11) is 0. The molecule has 0 unspecified atom stereocenters. The Bertz CT molecular complexity index is 608. The van der Waals surface area contributed by atoms with Crippen LogP contribution in [0, 0.1) is 6.92 Å². The Morgan fingerprint density at radius 3 is 2.84 bits per heavy atom. The Morgan fingerprint density at radius 2 is 2.26 bits per heavy atom. The molecule has 0 saturated carbocycles. The normalized spacial score (nSPS) is 10.5. The van der Waals surface area contributed by atoms with Crippen molar-refractivity contribution in [1.29, 1.82) is 0 Å². The second-order valence-electron chi connectivity index (χ2n) is 4.03. The number of nitrogens with two attached hydrogens (primary N) is 1. The number of benzene rings is 1. The fourth-order valence-corrected chi connectivity index (χ4v) is 3.49. The SMILES string of the molecule is Cc1c(NCc2cc(Br)c(Cl)s2)cccc1C(N)=O. The van der Waals surface area contributed by atoms with Crippen LogP contribution in [-0.4, -0.2) is 5.91 Å². The summed E-state index contributed by atoms with van der Waals surface area (Å²) < 4.78 is 1.64. The van der Waals surface area contributed by atoms with Crippen LogP contribution in [0.25, 0.3) is 0 Å². The van der Waals surface area contributed by atoms with Gasteiger partial charge in [0.25, 0.3) is 0 Å². The number of hydrogen-bond acceptors (Lipinski definition) is 3. The van der Waals surface area contributed by atoms with E-state index in [0.29, 0.717) is 12.1 Å². The lowest BCUT2D eigenvalue weighted by Gasteiger charge is -2.10. The van der Waals surface area contributed by atoms with Gasteiger partial charge in [0.1, 0.15) is 4.34 Å². The van der Waals surface area contributed by atoms with Gasteiger partial charge in [-0.15, -0.1) is 11.3 Å². The molecule has 0 saturated heterocycles. The monoisotopic (exact) mass is 358 g/mol. The number of primary amides is 1. The molecule has 1 aromatic carbocycles. The van der Waals surface area contributed by atoms with E-state index in [9.17, 15) is 4.79 Å². The molecular formula is C13H12BrClN2OS. The van der Waals surface area contributed by atoms with Gasteiger partial charge >= 0.3 is 0 Å². The Morgan fingerprint density at radius 1 is 1.53 bits per heavy atom. The minimum Gasteiger partial charge on any atom is -0.380 e. The predicted molar refractivity (Wildman–Crippen MR) is 84.1 cm³/mol. The summed E-state index contributed by atoms with van der Waals surface area (Å²) in [5.41, 5.74) is 7.62. The lowest BCUT2D eigenvalue weighted by Crippen LogP contribution is -2.13. The van der Waals surface area contributed by atoms with Gasteiger partial charge in [0.2, 0.25) is 5.91 Å². The second kappa shape index (κ2) is 5.94. The third kappa shape index (κ3) is 3.29. The molecule has 1 heterocycles. The van der Waals surface area contributed by atoms with Crippen molar-refractivity contribution in [2.75, 3.05) is 5.32 Å². The van der Waals surface area contributed by atoms with Crippen molar-refractivity contribution in [3.63, 3.8) is 0 Å². The average molecular weight is 360 g/mol. The highest BCUT2D eigenvalue weighted by Crippen LogP contribution is 2.32. The molecule has 3 N–H and O–H groups in total. The van der Waals surface area contributed by atoms with Gasteiger partial charge in [0, 0.05) is 27.1 Å². The van der Waals surface area contributed by atoms with E-state index in [-0.39, 0.29) is 0 Å². The summed E-state index contributed by atoms with van der Waals surface area (Å²) >= 11 is 10.9. The van der Waals surface area contributed by atoms with Crippen LogP contribution in [0.1, 0.15) is 20.8 Å². The van der Waals surface area contributed by atoms with E-state index in [2.05, 4.69) is 21.2 Å². The molecule has 6 heteroatoms. The van der Waals surface area contributed by atoms with Gasteiger partial charge in [-0.2, -0.15) is 0 Å². The molecule has 19 heavy (non-hydrogen) atoms. The molecular weight excluding hydrogens is 348 g/mol. The van der Waals surface area contributed by atoms with E-state index in [4.69, 9.17) is 17.3 Å². The van der Waals surface area contributed by atoms with E-state index in [1.54, 1.807) is 6.07 Å². The summed E-state index contributed by atoms with van der Waals surface area (Å²) in [5, 5.41) is 3.29. The smallest absolute Gasteiger partial charge is 0.249 e. The third-order valence-electron chi connectivity index (χ3n) is 2.75. The quantitative estimate of drug-likeness (QED) is 0.860. The molecule has 1 amide bonds. The van der Waals surface area contributed by atoms with Gasteiger partial charge in [-0.05, 0) is 46.6 Å². The molecule has 2 rings (SSSR count). The molecule has 0 bridgehead atoms. The number of nitrogens with one attached hydrogen (secondary N) is 1. The van der Waals surface area contributed by atoms with Gasteiger partial charge in [0.05, 0.1) is 0 Å². The number of thiophene rings is 1. The predicted octanol–water partition coefficient (Wildman–Crippen LogP) is 4.18. The van der Waals surface area contributed by atoms with Crippen LogP contribution < -0.4 is 11.1 Å². The van der Waals surface area contributed by atoms with Crippen molar-refractivity contribution in [2.45, 2.75) is 13.5 Å². The third-order valence-corrected chi connectivity index (χ3v) is 5.22. The molecule has 100 valence electrons. The van der Waals surface area contributed by atoms with Crippen LogP contribution >= 0.6 is 38.9 Å². The highest BCUT2D eigenvalue weighted by atomic mass is 79.9. The van der Waals surface area contributed by atoms with Crippen molar-refractivity contribution in [2.24, 2.45) is 5.73 Å². The first-order chi connectivity index (χ1) is 8.99. The maximum absolute atomic E-state index is 11.3. The van der Waals surface area contributed by atoms with Crippen molar-refractivity contribution in [3.8, 4) is 0 Å². The summed E-state index contributed by atoms with van der Waals surface area (Å²) in [6, 6.07) is 7.44. The lowest BCUT2D eigenvalue weighted by molar-refractivity contribution is 0.1000. The molecule has 0 aliphatic heterocycles. The zero-order valence-corrected chi connectivity index (χ0v) is 13.3. The average Bonchev–Trinajstić information content (AvgIpc) is 2.67. The minimum absolute atomic E-state index is 0.414. The molecule has 0 spiro atoms. The van der Waals surface area contributed by atoms with Crippen LogP contribution in [0.15, 0.2) is 28.7 Å². The van der Waals surface area contributed by atoms with Gasteiger partial charge < -0.3 is 11.1 Å². The number of halogens is 2. The van der Waals surface area contributed by atoms with Crippen LogP contribution in [-0.2, 0) is 6.54 Å². The summed E-state index contributed by atoms with van der Waals surface area (Å²) in [6.45, 7) is 2.53. The van der Waals surface area contributed by atoms with Crippen molar-refractivity contribution in [3.05, 3.63) is 49.1 Å². The van der Waals surface area contributed by atoms with Gasteiger partial charge in [-0.3, -0.25) is 4.79 Å². The molecule has 2 aromatic rings. The van der Waals surface area contributed by atoms with Crippen molar-refractivity contribution in [1.82, 2.24) is 0 Å². The first-order valence-corrected chi connectivity index (χ1v) is 7.54. The first-order valence-electron chi connectivity index (χ1n) is 5.56. The van der Waals surface area contributed by atoms with E-state index >= 15 is 0 Å². The summed E-state index contributed by atoms with van der Waals surface area (Å²) in [4.78, 5) is 12.4. The molecule has 0 atom stereocenters. The molecule has 0 aliphatic carbocycles. The molecule has 0 radical (unpaired) electrons. The molecule has 1 aromatic heterocycles. The Labute approximate surface area is 128 Å². The fourth-order valence-electron chi connectivity index (χ4n) is 1.75. The Kier molecular flexibility index (Phi) is 4.50. The van der Waals surface area contributed by atoms with Gasteiger partial charge in [-0.1, -0.05) is 17.7 Å². The van der Waals surface area contributed by atoms with Crippen molar-refractivity contribution >= 4 is 50.5 Å². The van der Waals surface area contributed by atoms with Gasteiger partial charge in [-0.25, -0.2) is 0 Å². The molecule has 3 nitrogen and oxygen atoms in total. The van der Waals surface area contributed by atoms with Crippen LogP contribution in [0.3, 0.4) is 0 Å². The summed E-state index contributed by atoms with van der Waals surface area (Å²) in [6.07, 6.45) is 0. The number of rotatable bonds is 4. The maximum atomic E-state index is 11.3. The number of anilines is 1. The minimum atomic E-state index is -0.414. The molecule has 0 aliphatic rings.